The Balaban J connectivity index is 2.22. The molecule has 1 amide bonds. The molecule has 0 saturated carbocycles. The van der Waals surface area contributed by atoms with Crippen molar-refractivity contribution in [3.05, 3.63) is 47.3 Å². The predicted octanol–water partition coefficient (Wildman–Crippen LogP) is 2.66. The van der Waals surface area contributed by atoms with Gasteiger partial charge in [-0.05, 0) is 32.0 Å². The Kier molecular flexibility index (Phi) is 3.07. The van der Waals surface area contributed by atoms with Gasteiger partial charge >= 0.3 is 0 Å². The first-order chi connectivity index (χ1) is 10.1. The average Bonchev–Trinajstić information content (AvgIpc) is 2.45. The van der Waals surface area contributed by atoms with Gasteiger partial charge in [0.15, 0.2) is 0 Å². The number of aryl methyl sites for hydroxylation is 2. The zero-order valence-corrected chi connectivity index (χ0v) is 11.8. The van der Waals surface area contributed by atoms with Gasteiger partial charge in [0, 0.05) is 5.69 Å². The largest absolute Gasteiger partial charge is 0.329 e. The Labute approximate surface area is 122 Å². The number of nitrogens with one attached hydrogen (secondary N) is 1. The van der Waals surface area contributed by atoms with Crippen molar-refractivity contribution >= 4 is 23.0 Å². The Hall–Kier alpha value is -2.87. The first kappa shape index (κ1) is 13.1. The van der Waals surface area contributed by atoms with Crippen molar-refractivity contribution in [1.82, 2.24) is 4.98 Å². The van der Waals surface area contributed by atoms with Crippen molar-refractivity contribution < 1.29 is 4.79 Å². The smallest absolute Gasteiger partial charge is 0.244 e. The monoisotopic (exact) mass is 278 g/mol. The lowest BCUT2D eigenvalue weighted by atomic mass is 10.1. The highest BCUT2D eigenvalue weighted by atomic mass is 16.2. The van der Waals surface area contributed by atoms with E-state index >= 15 is 0 Å². The van der Waals surface area contributed by atoms with Gasteiger partial charge in [0.25, 0.3) is 0 Å². The Morgan fingerprint density at radius 1 is 1.29 bits per heavy atom. The first-order valence-electron chi connectivity index (χ1n) is 6.65. The van der Waals surface area contributed by atoms with Gasteiger partial charge in [-0.3, -0.25) is 9.78 Å². The van der Waals surface area contributed by atoms with Crippen LogP contribution in [-0.2, 0) is 4.79 Å². The molecule has 5 nitrogen and oxygen atoms in total. The maximum Gasteiger partial charge on any atom is 0.244 e. The molecule has 0 radical (unpaired) electrons. The summed E-state index contributed by atoms with van der Waals surface area (Å²) in [5.41, 5.74) is 4.37. The van der Waals surface area contributed by atoms with Crippen molar-refractivity contribution in [3.8, 4) is 6.07 Å². The van der Waals surface area contributed by atoms with Crippen molar-refractivity contribution in [2.75, 3.05) is 16.8 Å². The lowest BCUT2D eigenvalue weighted by molar-refractivity contribution is -0.115. The van der Waals surface area contributed by atoms with E-state index in [1.807, 2.05) is 49.1 Å². The molecule has 2 heterocycles. The molecule has 1 aromatic carbocycles. The fraction of sp³-hybridized carbons (Fsp3) is 0.188. The standard InChI is InChI=1S/C16H14N4O/c1-10-7-15(12(8-17)11(2)18-10)20-9-16(21)19-13-5-3-4-6-14(13)20/h3-7H,9H2,1-2H3,(H,19,21). The summed E-state index contributed by atoms with van der Waals surface area (Å²) < 4.78 is 0. The minimum Gasteiger partial charge on any atom is -0.329 e. The second kappa shape index (κ2) is 4.91. The number of carbonyl (C=O) groups excluding carboxylic acids is 1. The van der Waals surface area contributed by atoms with Crippen LogP contribution in [-0.4, -0.2) is 17.4 Å². The fourth-order valence-electron chi connectivity index (χ4n) is 2.61. The maximum atomic E-state index is 11.9. The molecular weight excluding hydrogens is 264 g/mol. The molecule has 1 aliphatic heterocycles. The van der Waals surface area contributed by atoms with Gasteiger partial charge in [-0.2, -0.15) is 5.26 Å². The zero-order chi connectivity index (χ0) is 15.0. The summed E-state index contributed by atoms with van der Waals surface area (Å²) in [5, 5.41) is 12.3. The van der Waals surface area contributed by atoms with Gasteiger partial charge in [0.1, 0.15) is 12.6 Å². The van der Waals surface area contributed by atoms with Gasteiger partial charge < -0.3 is 10.2 Å². The van der Waals surface area contributed by atoms with E-state index in [-0.39, 0.29) is 12.5 Å². The minimum absolute atomic E-state index is 0.0929. The van der Waals surface area contributed by atoms with Gasteiger partial charge in [-0.1, -0.05) is 12.1 Å². The molecule has 0 atom stereocenters. The molecule has 0 fully saturated rings. The number of nitrogens with zero attached hydrogens (tertiary/aromatic N) is 3. The second-order valence-corrected chi connectivity index (χ2v) is 5.01. The quantitative estimate of drug-likeness (QED) is 0.870. The average molecular weight is 278 g/mol. The summed E-state index contributed by atoms with van der Waals surface area (Å²) >= 11 is 0. The van der Waals surface area contributed by atoms with Gasteiger partial charge in [-0.25, -0.2) is 0 Å². The van der Waals surface area contributed by atoms with E-state index in [0.29, 0.717) is 11.3 Å². The number of hydrogen-bond acceptors (Lipinski definition) is 4. The van der Waals surface area contributed by atoms with Crippen molar-refractivity contribution in [2.45, 2.75) is 13.8 Å². The minimum atomic E-state index is -0.0929. The number of carbonyl (C=O) groups is 1. The van der Waals surface area contributed by atoms with E-state index < -0.39 is 0 Å². The number of benzene rings is 1. The van der Waals surface area contributed by atoms with Crippen LogP contribution in [0.2, 0.25) is 0 Å². The van der Waals surface area contributed by atoms with Crippen LogP contribution in [0.5, 0.6) is 0 Å². The number of aromatic nitrogens is 1. The van der Waals surface area contributed by atoms with Crippen LogP contribution in [0, 0.1) is 25.2 Å². The van der Waals surface area contributed by atoms with Gasteiger partial charge in [-0.15, -0.1) is 0 Å². The molecule has 3 rings (SSSR count). The molecule has 0 aliphatic carbocycles. The second-order valence-electron chi connectivity index (χ2n) is 5.01. The van der Waals surface area contributed by atoms with Crippen LogP contribution in [0.4, 0.5) is 17.1 Å². The molecule has 1 N–H and O–H groups in total. The SMILES string of the molecule is Cc1cc(N2CC(=O)Nc3ccccc32)c(C#N)c(C)n1. The number of hydrogen-bond donors (Lipinski definition) is 1. The van der Waals surface area contributed by atoms with Gasteiger partial charge in [0.05, 0.1) is 28.3 Å². The topological polar surface area (TPSA) is 69.0 Å². The highest BCUT2D eigenvalue weighted by molar-refractivity contribution is 6.03. The summed E-state index contributed by atoms with van der Waals surface area (Å²) in [5.74, 6) is -0.0929. The maximum absolute atomic E-state index is 11.9. The number of pyridine rings is 1. The zero-order valence-electron chi connectivity index (χ0n) is 11.8. The van der Waals surface area contributed by atoms with E-state index in [9.17, 15) is 10.1 Å². The molecule has 21 heavy (non-hydrogen) atoms. The third-order valence-electron chi connectivity index (χ3n) is 3.48. The van der Waals surface area contributed by atoms with Gasteiger partial charge in [0.2, 0.25) is 5.91 Å². The summed E-state index contributed by atoms with van der Waals surface area (Å²) in [4.78, 5) is 18.1. The van der Waals surface area contributed by atoms with Crippen LogP contribution in [0.25, 0.3) is 0 Å². The van der Waals surface area contributed by atoms with E-state index in [1.165, 1.54) is 0 Å². The molecule has 5 heteroatoms. The molecule has 0 saturated heterocycles. The Morgan fingerprint density at radius 3 is 2.81 bits per heavy atom. The third-order valence-corrected chi connectivity index (χ3v) is 3.48. The molecular formula is C16H14N4O. The van der Waals surface area contributed by atoms with E-state index in [0.717, 1.165) is 22.8 Å². The molecule has 1 aromatic heterocycles. The van der Waals surface area contributed by atoms with E-state index in [2.05, 4.69) is 16.4 Å². The summed E-state index contributed by atoms with van der Waals surface area (Å²) in [6.07, 6.45) is 0. The van der Waals surface area contributed by atoms with Crippen LogP contribution in [0.15, 0.2) is 30.3 Å². The van der Waals surface area contributed by atoms with Crippen molar-refractivity contribution in [2.24, 2.45) is 0 Å². The molecule has 104 valence electrons. The summed E-state index contributed by atoms with van der Waals surface area (Å²) in [6, 6.07) is 11.6. The molecule has 0 spiro atoms. The molecule has 0 unspecified atom stereocenters. The van der Waals surface area contributed by atoms with Crippen LogP contribution < -0.4 is 10.2 Å². The number of anilines is 3. The van der Waals surface area contributed by atoms with E-state index in [4.69, 9.17) is 0 Å². The summed E-state index contributed by atoms with van der Waals surface area (Å²) in [6.45, 7) is 3.88. The van der Waals surface area contributed by atoms with Crippen molar-refractivity contribution in [1.29, 1.82) is 5.26 Å². The number of fused-ring (bicyclic) bond motifs is 1. The van der Waals surface area contributed by atoms with Crippen molar-refractivity contribution in [3.63, 3.8) is 0 Å². The molecule has 2 aromatic rings. The van der Waals surface area contributed by atoms with Crippen LogP contribution in [0.1, 0.15) is 17.0 Å². The van der Waals surface area contributed by atoms with Crippen LogP contribution in [0.3, 0.4) is 0 Å². The Morgan fingerprint density at radius 2 is 2.05 bits per heavy atom. The first-order valence-corrected chi connectivity index (χ1v) is 6.65. The Bertz CT molecular complexity index is 776. The fourth-order valence-corrected chi connectivity index (χ4v) is 2.61. The highest BCUT2D eigenvalue weighted by Crippen LogP contribution is 2.36. The normalized spacial score (nSPS) is 13.4. The lowest BCUT2D eigenvalue weighted by Gasteiger charge is -2.31. The number of rotatable bonds is 1. The lowest BCUT2D eigenvalue weighted by Crippen LogP contribution is -2.35. The van der Waals surface area contributed by atoms with Crippen LogP contribution >= 0.6 is 0 Å². The number of nitriles is 1. The summed E-state index contributed by atoms with van der Waals surface area (Å²) in [7, 11) is 0. The third kappa shape index (κ3) is 2.21. The predicted molar refractivity (Wildman–Crippen MR) is 80.5 cm³/mol. The number of para-hydroxylation sites is 2. The molecule has 0 bridgehead atoms. The number of amides is 1. The molecule has 1 aliphatic rings. The van der Waals surface area contributed by atoms with E-state index in [1.54, 1.807) is 0 Å². The highest BCUT2D eigenvalue weighted by Gasteiger charge is 2.25.